The van der Waals surface area contributed by atoms with E-state index in [0.717, 1.165) is 0 Å². The lowest BCUT2D eigenvalue weighted by molar-refractivity contribution is -0.138. The first kappa shape index (κ1) is 13.7. The number of rotatable bonds is 5. The maximum atomic E-state index is 11.0. The molecule has 1 aromatic rings. The van der Waals surface area contributed by atoms with Gasteiger partial charge in [0.05, 0.1) is 0 Å². The second-order valence-electron chi connectivity index (χ2n) is 3.63. The Balaban J connectivity index is 3.03. The molecule has 0 aliphatic rings. The molecule has 0 aliphatic carbocycles. The van der Waals surface area contributed by atoms with E-state index in [1.54, 1.807) is 30.3 Å². The summed E-state index contributed by atoms with van der Waals surface area (Å²) in [5.74, 6) is -1.14. The van der Waals surface area contributed by atoms with Gasteiger partial charge in [-0.05, 0) is 19.1 Å². The van der Waals surface area contributed by atoms with Crippen LogP contribution in [0.3, 0.4) is 0 Å². The van der Waals surface area contributed by atoms with Crippen LogP contribution in [0.4, 0.5) is 5.69 Å². The maximum Gasteiger partial charge on any atom is 0.344 e. The van der Waals surface area contributed by atoms with Crippen LogP contribution in [0.25, 0.3) is 0 Å². The number of anilines is 1. The number of hydrogen-bond acceptors (Lipinski definition) is 3. The van der Waals surface area contributed by atoms with Gasteiger partial charge in [-0.3, -0.25) is 4.57 Å². The van der Waals surface area contributed by atoms with Crippen molar-refractivity contribution in [2.45, 2.75) is 13.0 Å². The van der Waals surface area contributed by atoms with Crippen molar-refractivity contribution in [1.82, 2.24) is 0 Å². The van der Waals surface area contributed by atoms with Crippen LogP contribution < -0.4 is 4.90 Å². The Morgan fingerprint density at radius 3 is 2.29 bits per heavy atom. The number of para-hydroxylation sites is 1. The van der Waals surface area contributed by atoms with E-state index in [-0.39, 0.29) is 0 Å². The van der Waals surface area contributed by atoms with Gasteiger partial charge in [-0.25, -0.2) is 4.79 Å². The van der Waals surface area contributed by atoms with Gasteiger partial charge in [-0.2, -0.15) is 0 Å². The molecule has 0 heterocycles. The molecule has 17 heavy (non-hydrogen) atoms. The fourth-order valence-corrected chi connectivity index (χ4v) is 2.18. The summed E-state index contributed by atoms with van der Waals surface area (Å²) in [6.07, 6.45) is -0.621. The molecule has 0 unspecified atom stereocenters. The number of carboxylic acids is 1. The zero-order valence-corrected chi connectivity index (χ0v) is 10.1. The van der Waals surface area contributed by atoms with Crippen molar-refractivity contribution in [2.75, 3.05) is 11.2 Å². The minimum atomic E-state index is -4.32. The van der Waals surface area contributed by atoms with E-state index < -0.39 is 25.9 Å². The molecule has 3 N–H and O–H groups in total. The van der Waals surface area contributed by atoms with Crippen LogP contribution in [-0.2, 0) is 9.36 Å². The number of carboxylic acid groups (broad SMARTS) is 1. The average molecular weight is 259 g/mol. The van der Waals surface area contributed by atoms with E-state index in [1.165, 1.54) is 11.8 Å². The van der Waals surface area contributed by atoms with Crippen molar-refractivity contribution in [1.29, 1.82) is 0 Å². The monoisotopic (exact) mass is 259 g/mol. The Hall–Kier alpha value is -1.36. The van der Waals surface area contributed by atoms with Gasteiger partial charge in [0.15, 0.2) is 0 Å². The van der Waals surface area contributed by atoms with E-state index in [0.29, 0.717) is 5.69 Å². The molecule has 7 heteroatoms. The Kier molecular flexibility index (Phi) is 4.28. The molecule has 0 aliphatic heterocycles. The second-order valence-corrected chi connectivity index (χ2v) is 5.24. The van der Waals surface area contributed by atoms with Crippen LogP contribution in [-0.4, -0.2) is 33.2 Å². The zero-order chi connectivity index (χ0) is 13.1. The van der Waals surface area contributed by atoms with Crippen molar-refractivity contribution in [3.8, 4) is 0 Å². The maximum absolute atomic E-state index is 11.0. The third-order valence-corrected chi connectivity index (χ3v) is 2.92. The van der Waals surface area contributed by atoms with Crippen molar-refractivity contribution in [3.63, 3.8) is 0 Å². The summed E-state index contributed by atoms with van der Waals surface area (Å²) < 4.78 is 11.0. The Labute approximate surface area is 98.7 Å². The highest BCUT2D eigenvalue weighted by Crippen LogP contribution is 2.37. The molecule has 0 saturated heterocycles. The van der Waals surface area contributed by atoms with Crippen molar-refractivity contribution in [2.24, 2.45) is 0 Å². The SMILES string of the molecule is C[C@@H](C(=O)O)N(CP(=O)(O)O)c1ccccc1. The van der Waals surface area contributed by atoms with Crippen molar-refractivity contribution < 1.29 is 24.3 Å². The van der Waals surface area contributed by atoms with Gasteiger partial charge >= 0.3 is 13.6 Å². The molecule has 0 bridgehead atoms. The third-order valence-electron chi connectivity index (χ3n) is 2.25. The molecule has 0 radical (unpaired) electrons. The first-order chi connectivity index (χ1) is 7.81. The first-order valence-corrected chi connectivity index (χ1v) is 6.70. The molecule has 6 nitrogen and oxygen atoms in total. The third kappa shape index (κ3) is 4.19. The Morgan fingerprint density at radius 1 is 1.35 bits per heavy atom. The lowest BCUT2D eigenvalue weighted by atomic mass is 10.2. The zero-order valence-electron chi connectivity index (χ0n) is 9.22. The molecular weight excluding hydrogens is 245 g/mol. The summed E-state index contributed by atoms with van der Waals surface area (Å²) in [6.45, 7) is 1.38. The van der Waals surface area contributed by atoms with Crippen LogP contribution >= 0.6 is 7.60 Å². The Bertz CT molecular complexity index is 430. The standard InChI is InChI=1S/C10H14NO5P/c1-8(10(12)13)11(7-17(14,15)16)9-5-3-2-4-6-9/h2-6,8H,7H2,1H3,(H,12,13)(H2,14,15,16)/t8-/m0/s1. The minimum Gasteiger partial charge on any atom is -0.480 e. The fraction of sp³-hybridized carbons (Fsp3) is 0.300. The summed E-state index contributed by atoms with van der Waals surface area (Å²) in [5.41, 5.74) is 0.464. The van der Waals surface area contributed by atoms with Crippen molar-refractivity contribution >= 4 is 19.3 Å². The fourth-order valence-electron chi connectivity index (χ4n) is 1.38. The van der Waals surface area contributed by atoms with Crippen LogP contribution in [0.15, 0.2) is 30.3 Å². The van der Waals surface area contributed by atoms with E-state index in [4.69, 9.17) is 14.9 Å². The molecule has 0 amide bonds. The number of benzene rings is 1. The van der Waals surface area contributed by atoms with Gasteiger partial charge in [0.2, 0.25) is 0 Å². The summed E-state index contributed by atoms with van der Waals surface area (Å²) >= 11 is 0. The van der Waals surface area contributed by atoms with E-state index >= 15 is 0 Å². The molecule has 0 saturated carbocycles. The van der Waals surface area contributed by atoms with Crippen LogP contribution in [0.2, 0.25) is 0 Å². The molecule has 0 spiro atoms. The first-order valence-electron chi connectivity index (χ1n) is 4.90. The quantitative estimate of drug-likeness (QED) is 0.685. The van der Waals surface area contributed by atoms with Gasteiger partial charge in [-0.15, -0.1) is 0 Å². The molecule has 1 atom stereocenters. The number of hydrogen-bond donors (Lipinski definition) is 3. The highest BCUT2D eigenvalue weighted by molar-refractivity contribution is 7.51. The van der Waals surface area contributed by atoms with E-state index in [1.807, 2.05) is 0 Å². The predicted molar refractivity (Wildman–Crippen MR) is 62.9 cm³/mol. The molecule has 0 aromatic heterocycles. The lowest BCUT2D eigenvalue weighted by Crippen LogP contribution is -2.39. The smallest absolute Gasteiger partial charge is 0.344 e. The van der Waals surface area contributed by atoms with Gasteiger partial charge in [0.25, 0.3) is 0 Å². The summed E-state index contributed by atoms with van der Waals surface area (Å²) in [4.78, 5) is 30.0. The number of aliphatic carboxylic acids is 1. The van der Waals surface area contributed by atoms with Crippen LogP contribution in [0, 0.1) is 0 Å². The average Bonchev–Trinajstić information content (AvgIpc) is 2.25. The highest BCUT2D eigenvalue weighted by Gasteiger charge is 2.27. The largest absolute Gasteiger partial charge is 0.480 e. The number of nitrogens with zero attached hydrogens (tertiary/aromatic N) is 1. The molecule has 94 valence electrons. The molecule has 1 aromatic carbocycles. The summed E-state index contributed by atoms with van der Waals surface area (Å²) in [6, 6.07) is 7.30. The van der Waals surface area contributed by atoms with Gasteiger partial charge in [0.1, 0.15) is 12.3 Å². The lowest BCUT2D eigenvalue weighted by Gasteiger charge is -2.28. The Morgan fingerprint density at radius 2 is 1.88 bits per heavy atom. The molecule has 0 fully saturated rings. The van der Waals surface area contributed by atoms with E-state index in [2.05, 4.69) is 0 Å². The predicted octanol–water partition coefficient (Wildman–Crippen LogP) is 1.10. The van der Waals surface area contributed by atoms with Gasteiger partial charge < -0.3 is 19.8 Å². The second kappa shape index (κ2) is 5.31. The highest BCUT2D eigenvalue weighted by atomic mass is 31.2. The topological polar surface area (TPSA) is 98.1 Å². The van der Waals surface area contributed by atoms with Gasteiger partial charge in [0, 0.05) is 5.69 Å². The molecule has 1 rings (SSSR count). The van der Waals surface area contributed by atoms with Crippen molar-refractivity contribution in [3.05, 3.63) is 30.3 Å². The van der Waals surface area contributed by atoms with Crippen LogP contribution in [0.5, 0.6) is 0 Å². The van der Waals surface area contributed by atoms with Crippen LogP contribution in [0.1, 0.15) is 6.92 Å². The summed E-state index contributed by atoms with van der Waals surface area (Å²) in [5, 5.41) is 8.92. The van der Waals surface area contributed by atoms with E-state index in [9.17, 15) is 9.36 Å². The normalized spacial score (nSPS) is 13.1. The minimum absolute atomic E-state index is 0.464. The summed E-state index contributed by atoms with van der Waals surface area (Å²) in [7, 11) is -4.32. The number of carbonyl (C=O) groups is 1. The molecular formula is C10H14NO5P. The van der Waals surface area contributed by atoms with Gasteiger partial charge in [-0.1, -0.05) is 18.2 Å².